The van der Waals surface area contributed by atoms with Crippen molar-refractivity contribution in [2.24, 2.45) is 17.3 Å². The van der Waals surface area contributed by atoms with Crippen LogP contribution in [0.3, 0.4) is 0 Å². The lowest BCUT2D eigenvalue weighted by molar-refractivity contribution is -0.143. The zero-order chi connectivity index (χ0) is 30.7. The molecule has 7 nitrogen and oxygen atoms in total. The van der Waals surface area contributed by atoms with Crippen LogP contribution >= 0.6 is 0 Å². The maximum atomic E-state index is 13.4. The summed E-state index contributed by atoms with van der Waals surface area (Å²) in [6, 6.07) is 21.2. The van der Waals surface area contributed by atoms with Gasteiger partial charge < -0.3 is 28.1 Å². The van der Waals surface area contributed by atoms with Crippen LogP contribution in [0.1, 0.15) is 40.0 Å². The van der Waals surface area contributed by atoms with Crippen molar-refractivity contribution >= 4 is 24.7 Å². The van der Waals surface area contributed by atoms with Crippen LogP contribution in [0.25, 0.3) is 0 Å². The minimum absolute atomic E-state index is 0.0852. The summed E-state index contributed by atoms with van der Waals surface area (Å²) in [5, 5.41) is 2.30. The number of carbonyl (C=O) groups is 1. The molecule has 0 N–H and O–H groups in total. The predicted molar refractivity (Wildman–Crippen MR) is 169 cm³/mol. The Morgan fingerprint density at radius 1 is 0.953 bits per heavy atom. The highest BCUT2D eigenvalue weighted by Gasteiger charge is 2.66. The number of fused-ring (bicyclic) bond motifs is 5. The van der Waals surface area contributed by atoms with E-state index in [1.54, 1.807) is 14.2 Å². The van der Waals surface area contributed by atoms with Gasteiger partial charge in [0.1, 0.15) is 19.7 Å². The molecule has 2 fully saturated rings. The first kappa shape index (κ1) is 31.8. The quantitative estimate of drug-likeness (QED) is 0.0929. The molecule has 2 bridgehead atoms. The zero-order valence-corrected chi connectivity index (χ0v) is 27.2. The lowest BCUT2D eigenvalue weighted by atomic mass is 9.71. The smallest absolute Gasteiger partial charge is 0.334 e. The lowest BCUT2D eigenvalue weighted by Gasteiger charge is -2.43. The fourth-order valence-corrected chi connectivity index (χ4v) is 12.6. The highest BCUT2D eigenvalue weighted by molar-refractivity contribution is 6.99. The molecule has 5 rings (SSSR count). The van der Waals surface area contributed by atoms with E-state index in [4.69, 9.17) is 28.1 Å². The fourth-order valence-electron chi connectivity index (χ4n) is 8.03. The molecule has 8 heteroatoms. The van der Waals surface area contributed by atoms with E-state index in [9.17, 15) is 4.79 Å². The average Bonchev–Trinajstić information content (AvgIpc) is 3.61. The molecule has 2 saturated carbocycles. The largest absolute Gasteiger partial charge is 0.454 e. The first-order valence-corrected chi connectivity index (χ1v) is 17.1. The van der Waals surface area contributed by atoms with Gasteiger partial charge in [0.15, 0.2) is 0 Å². The Morgan fingerprint density at radius 3 is 2.14 bits per heavy atom. The first-order valence-electron chi connectivity index (χ1n) is 15.2. The number of hydrogen-bond acceptors (Lipinski definition) is 7. The van der Waals surface area contributed by atoms with Gasteiger partial charge in [-0.05, 0) is 45.3 Å². The molecule has 43 heavy (non-hydrogen) atoms. The lowest BCUT2D eigenvalue weighted by Crippen LogP contribution is -2.66. The van der Waals surface area contributed by atoms with Gasteiger partial charge in [0, 0.05) is 44.2 Å². The SMILES string of the molecule is C=C(COCOC)[C@@]1(COCOC)[C@@H]2CC[C@H]1[C@@H]1OC(=O)C(CCO[Si](c3ccccc3)(c3ccccc3)C(C)(C)C)=C12. The third kappa shape index (κ3) is 5.58. The topological polar surface area (TPSA) is 72.5 Å². The van der Waals surface area contributed by atoms with Gasteiger partial charge in [0.05, 0.1) is 13.2 Å². The van der Waals surface area contributed by atoms with Gasteiger partial charge in [-0.3, -0.25) is 0 Å². The van der Waals surface area contributed by atoms with Gasteiger partial charge in [-0.2, -0.15) is 0 Å². The zero-order valence-electron chi connectivity index (χ0n) is 26.2. The van der Waals surface area contributed by atoms with E-state index in [-0.39, 0.29) is 42.5 Å². The Bertz CT molecular complexity index is 1260. The minimum atomic E-state index is -2.73. The molecule has 0 aromatic heterocycles. The summed E-state index contributed by atoms with van der Waals surface area (Å²) in [6.45, 7) is 12.9. The summed E-state index contributed by atoms with van der Waals surface area (Å²) >= 11 is 0. The number of ether oxygens (including phenoxy) is 5. The molecule has 0 radical (unpaired) electrons. The Hall–Kier alpha value is -2.59. The molecule has 1 heterocycles. The molecule has 2 aliphatic carbocycles. The van der Waals surface area contributed by atoms with Crippen molar-refractivity contribution < 1.29 is 32.9 Å². The number of esters is 1. The van der Waals surface area contributed by atoms with Crippen LogP contribution in [0, 0.1) is 17.3 Å². The van der Waals surface area contributed by atoms with Crippen LogP contribution < -0.4 is 10.4 Å². The third-order valence-electron chi connectivity index (χ3n) is 9.69. The number of methoxy groups -OCH3 is 2. The highest BCUT2D eigenvalue weighted by atomic mass is 28.4. The Labute approximate surface area is 257 Å². The summed E-state index contributed by atoms with van der Waals surface area (Å²) in [7, 11) is 0.496. The summed E-state index contributed by atoms with van der Waals surface area (Å²) in [5.41, 5.74) is 2.43. The summed E-state index contributed by atoms with van der Waals surface area (Å²) in [4.78, 5) is 13.4. The second-order valence-corrected chi connectivity index (χ2v) is 17.2. The van der Waals surface area contributed by atoms with Crippen molar-refractivity contribution in [3.8, 4) is 0 Å². The molecule has 0 saturated heterocycles. The van der Waals surface area contributed by atoms with E-state index in [1.165, 1.54) is 10.4 Å². The predicted octanol–water partition coefficient (Wildman–Crippen LogP) is 5.00. The second kappa shape index (κ2) is 13.2. The molecule has 4 atom stereocenters. The molecule has 2 aromatic carbocycles. The van der Waals surface area contributed by atoms with Crippen LogP contribution in [0.15, 0.2) is 84.0 Å². The third-order valence-corrected chi connectivity index (χ3v) is 14.7. The molecule has 2 aromatic rings. The molecular weight excluding hydrogens is 560 g/mol. The minimum Gasteiger partial charge on any atom is -0.454 e. The van der Waals surface area contributed by atoms with Gasteiger partial charge in [-0.25, -0.2) is 4.79 Å². The Kier molecular flexibility index (Phi) is 9.75. The number of hydrogen-bond donors (Lipinski definition) is 0. The van der Waals surface area contributed by atoms with Crippen molar-refractivity contribution in [2.75, 3.05) is 47.6 Å². The molecule has 1 aliphatic heterocycles. The highest BCUT2D eigenvalue weighted by Crippen LogP contribution is 2.66. The second-order valence-electron chi connectivity index (χ2n) is 12.9. The van der Waals surface area contributed by atoms with E-state index < -0.39 is 13.7 Å². The van der Waals surface area contributed by atoms with E-state index in [1.807, 2.05) is 12.1 Å². The van der Waals surface area contributed by atoms with Gasteiger partial charge in [-0.15, -0.1) is 0 Å². The maximum absolute atomic E-state index is 13.4. The molecule has 0 spiro atoms. The van der Waals surface area contributed by atoms with E-state index in [0.717, 1.165) is 29.6 Å². The van der Waals surface area contributed by atoms with Gasteiger partial charge in [-0.1, -0.05) is 88.0 Å². The molecular formula is C35H46O7Si. The summed E-state index contributed by atoms with van der Waals surface area (Å²) < 4.78 is 35.4. The molecule has 0 unspecified atom stereocenters. The van der Waals surface area contributed by atoms with E-state index in [2.05, 4.69) is 75.9 Å². The average molecular weight is 607 g/mol. The number of carbonyl (C=O) groups excluding carboxylic acids is 1. The standard InChI is InChI=1S/C35H46O7Si/c1-25(21-39-23-37-5)35(22-40-24-38-6)29-17-18-30(35)32-31(29)28(33(36)42-32)19-20-41-43(34(2,3)4,26-13-9-7-10-14-26)27-15-11-8-12-16-27/h7-16,29-30,32H,1,17-24H2,2-6H3/t29-,30+,32+,35+/m1/s1. The van der Waals surface area contributed by atoms with Crippen LogP contribution in [0.4, 0.5) is 0 Å². The Balaban J connectivity index is 1.46. The van der Waals surface area contributed by atoms with Gasteiger partial charge in [0.2, 0.25) is 0 Å². The summed E-state index contributed by atoms with van der Waals surface area (Å²) in [6.07, 6.45) is 2.13. The van der Waals surface area contributed by atoms with Crippen LogP contribution in [-0.4, -0.2) is 68.0 Å². The molecule has 232 valence electrons. The van der Waals surface area contributed by atoms with Crippen LogP contribution in [0.2, 0.25) is 5.04 Å². The molecule has 3 aliphatic rings. The molecule has 0 amide bonds. The van der Waals surface area contributed by atoms with Crippen molar-refractivity contribution in [3.63, 3.8) is 0 Å². The monoisotopic (exact) mass is 606 g/mol. The van der Waals surface area contributed by atoms with Crippen molar-refractivity contribution in [1.29, 1.82) is 0 Å². The fraction of sp³-hybridized carbons (Fsp3) is 0.514. The maximum Gasteiger partial charge on any atom is 0.334 e. The van der Waals surface area contributed by atoms with Crippen LogP contribution in [-0.2, 0) is 32.9 Å². The van der Waals surface area contributed by atoms with Crippen molar-refractivity contribution in [1.82, 2.24) is 0 Å². The number of rotatable bonds is 15. The van der Waals surface area contributed by atoms with E-state index in [0.29, 0.717) is 26.2 Å². The normalized spacial score (nSPS) is 24.9. The Morgan fingerprint density at radius 2 is 1.56 bits per heavy atom. The summed E-state index contributed by atoms with van der Waals surface area (Å²) in [5.74, 6) is -0.0371. The van der Waals surface area contributed by atoms with Crippen molar-refractivity contribution in [3.05, 3.63) is 84.0 Å². The number of benzene rings is 2. The first-order chi connectivity index (χ1) is 20.7. The van der Waals surface area contributed by atoms with Crippen molar-refractivity contribution in [2.45, 2.75) is 51.2 Å². The van der Waals surface area contributed by atoms with Gasteiger partial charge >= 0.3 is 5.97 Å². The van der Waals surface area contributed by atoms with Gasteiger partial charge in [0.25, 0.3) is 8.32 Å². The van der Waals surface area contributed by atoms with Crippen LogP contribution in [0.5, 0.6) is 0 Å². The van der Waals surface area contributed by atoms with E-state index >= 15 is 0 Å².